The summed E-state index contributed by atoms with van der Waals surface area (Å²) in [4.78, 5) is 28.0. The first-order valence-corrected chi connectivity index (χ1v) is 8.70. The summed E-state index contributed by atoms with van der Waals surface area (Å²) in [6, 6.07) is 16.7. The maximum Gasteiger partial charge on any atom is 0.302 e. The van der Waals surface area contributed by atoms with Crippen LogP contribution in [0.4, 0.5) is 5.69 Å². The molecule has 0 aliphatic carbocycles. The molecule has 0 radical (unpaired) electrons. The molecule has 2 aromatic carbocycles. The Morgan fingerprint density at radius 2 is 1.92 bits per heavy atom. The van der Waals surface area contributed by atoms with E-state index < -0.39 is 0 Å². The number of halogens is 1. The number of carbonyl (C=O) groups is 2. The Labute approximate surface area is 158 Å². The van der Waals surface area contributed by atoms with Crippen molar-refractivity contribution in [2.24, 2.45) is 0 Å². The zero-order valence-electron chi connectivity index (χ0n) is 13.5. The van der Waals surface area contributed by atoms with Crippen LogP contribution in [0.2, 0.25) is 0 Å². The maximum atomic E-state index is 12.5. The number of benzene rings is 2. The Kier molecular flexibility index (Phi) is 5.28. The number of fused-ring (bicyclic) bond motifs is 1. The first-order valence-electron chi connectivity index (χ1n) is 7.62. The van der Waals surface area contributed by atoms with Crippen molar-refractivity contribution in [1.29, 1.82) is 0 Å². The van der Waals surface area contributed by atoms with Crippen LogP contribution < -0.4 is 5.32 Å². The van der Waals surface area contributed by atoms with Crippen LogP contribution in [0.3, 0.4) is 0 Å². The number of hydrogen-bond acceptors (Lipinski definition) is 4. The molecule has 0 fully saturated rings. The van der Waals surface area contributed by atoms with E-state index in [1.54, 1.807) is 12.1 Å². The number of carbonyl (C=O) groups excluding carboxylic acids is 2. The average molecular weight is 446 g/mol. The summed E-state index contributed by atoms with van der Waals surface area (Å²) >= 11 is 2.17. The number of nitrogens with zero attached hydrogens (tertiary/aromatic N) is 1. The maximum absolute atomic E-state index is 12.5. The summed E-state index contributed by atoms with van der Waals surface area (Å²) in [5.74, 6) is -0.677. The molecule has 0 spiro atoms. The van der Waals surface area contributed by atoms with Crippen LogP contribution >= 0.6 is 22.6 Å². The molecule has 0 saturated heterocycles. The predicted octanol–water partition coefficient (Wildman–Crippen LogP) is 4.15. The number of ether oxygens (including phenoxy) is 1. The van der Waals surface area contributed by atoms with E-state index >= 15 is 0 Å². The minimum atomic E-state index is -0.368. The molecule has 25 heavy (non-hydrogen) atoms. The standard InChI is InChI=1S/C19H15IN2O3/c1-12(23)25-11-14-10-15(20)7-9-17(14)22-19(24)18-8-6-13-4-2-3-5-16(13)21-18/h2-10H,11H2,1H3,(H,22,24). The highest BCUT2D eigenvalue weighted by molar-refractivity contribution is 14.1. The van der Waals surface area contributed by atoms with Crippen molar-refractivity contribution >= 4 is 51.1 Å². The van der Waals surface area contributed by atoms with Gasteiger partial charge in [-0.2, -0.15) is 0 Å². The summed E-state index contributed by atoms with van der Waals surface area (Å²) in [5.41, 5.74) is 2.42. The third-order valence-electron chi connectivity index (χ3n) is 3.58. The second-order valence-electron chi connectivity index (χ2n) is 5.43. The number of pyridine rings is 1. The van der Waals surface area contributed by atoms with Gasteiger partial charge in [-0.15, -0.1) is 0 Å². The van der Waals surface area contributed by atoms with Crippen molar-refractivity contribution in [2.75, 3.05) is 5.32 Å². The SMILES string of the molecule is CC(=O)OCc1cc(I)ccc1NC(=O)c1ccc2ccccc2n1. The van der Waals surface area contributed by atoms with Gasteiger partial charge in [-0.1, -0.05) is 24.3 Å². The third-order valence-corrected chi connectivity index (χ3v) is 4.25. The van der Waals surface area contributed by atoms with Gasteiger partial charge in [0.1, 0.15) is 12.3 Å². The molecule has 126 valence electrons. The minimum Gasteiger partial charge on any atom is -0.461 e. The largest absolute Gasteiger partial charge is 0.461 e. The molecule has 3 aromatic rings. The summed E-state index contributed by atoms with van der Waals surface area (Å²) in [5, 5.41) is 3.82. The van der Waals surface area contributed by atoms with Crippen LogP contribution in [0.25, 0.3) is 10.9 Å². The van der Waals surface area contributed by atoms with E-state index in [-0.39, 0.29) is 18.5 Å². The van der Waals surface area contributed by atoms with Crippen molar-refractivity contribution in [3.05, 3.63) is 69.4 Å². The van der Waals surface area contributed by atoms with E-state index in [1.165, 1.54) is 6.92 Å². The molecule has 5 nitrogen and oxygen atoms in total. The molecular formula is C19H15IN2O3. The van der Waals surface area contributed by atoms with Gasteiger partial charge in [-0.25, -0.2) is 4.98 Å². The van der Waals surface area contributed by atoms with Crippen LogP contribution in [-0.4, -0.2) is 16.9 Å². The quantitative estimate of drug-likeness (QED) is 0.483. The van der Waals surface area contributed by atoms with Crippen LogP contribution in [0, 0.1) is 3.57 Å². The van der Waals surface area contributed by atoms with Crippen molar-refractivity contribution < 1.29 is 14.3 Å². The normalized spacial score (nSPS) is 10.5. The van der Waals surface area contributed by atoms with Crippen LogP contribution in [0.5, 0.6) is 0 Å². The van der Waals surface area contributed by atoms with E-state index in [9.17, 15) is 9.59 Å². The first-order chi connectivity index (χ1) is 12.0. The molecule has 1 heterocycles. The van der Waals surface area contributed by atoms with E-state index in [4.69, 9.17) is 4.74 Å². The van der Waals surface area contributed by atoms with Crippen molar-refractivity contribution in [2.45, 2.75) is 13.5 Å². The number of anilines is 1. The highest BCUT2D eigenvalue weighted by Gasteiger charge is 2.12. The number of esters is 1. The molecule has 1 amide bonds. The zero-order valence-corrected chi connectivity index (χ0v) is 15.6. The van der Waals surface area contributed by atoms with Gasteiger partial charge in [0.2, 0.25) is 0 Å². The molecule has 1 N–H and O–H groups in total. The zero-order chi connectivity index (χ0) is 17.8. The summed E-state index contributed by atoms with van der Waals surface area (Å²) in [6.45, 7) is 1.46. The van der Waals surface area contributed by atoms with E-state index in [0.29, 0.717) is 11.4 Å². The lowest BCUT2D eigenvalue weighted by molar-refractivity contribution is -0.142. The number of rotatable bonds is 4. The van der Waals surface area contributed by atoms with E-state index in [1.807, 2.05) is 42.5 Å². The molecule has 0 unspecified atom stereocenters. The van der Waals surface area contributed by atoms with Crippen molar-refractivity contribution in [3.8, 4) is 0 Å². The molecule has 0 saturated carbocycles. The van der Waals surface area contributed by atoms with E-state index in [0.717, 1.165) is 20.0 Å². The molecule has 0 aliphatic rings. The number of nitrogens with one attached hydrogen (secondary N) is 1. The number of aromatic nitrogens is 1. The van der Waals surface area contributed by atoms with Crippen LogP contribution in [-0.2, 0) is 16.1 Å². The van der Waals surface area contributed by atoms with Crippen molar-refractivity contribution in [3.63, 3.8) is 0 Å². The summed E-state index contributed by atoms with van der Waals surface area (Å²) in [6.07, 6.45) is 0. The van der Waals surface area contributed by atoms with Gasteiger partial charge in [0.05, 0.1) is 5.52 Å². The summed E-state index contributed by atoms with van der Waals surface area (Å²) < 4.78 is 6.05. The first kappa shape index (κ1) is 17.3. The minimum absolute atomic E-state index is 0.104. The van der Waals surface area contributed by atoms with Gasteiger partial charge in [-0.3, -0.25) is 9.59 Å². The molecule has 0 bridgehead atoms. The Bertz CT molecular complexity index is 956. The lowest BCUT2D eigenvalue weighted by Gasteiger charge is -2.12. The van der Waals surface area contributed by atoms with Crippen LogP contribution in [0.1, 0.15) is 23.0 Å². The van der Waals surface area contributed by atoms with Gasteiger partial charge in [0, 0.05) is 27.1 Å². The number of hydrogen-bond donors (Lipinski definition) is 1. The Morgan fingerprint density at radius 1 is 1.12 bits per heavy atom. The number of para-hydroxylation sites is 1. The average Bonchev–Trinajstić information content (AvgIpc) is 2.61. The highest BCUT2D eigenvalue weighted by atomic mass is 127. The monoisotopic (exact) mass is 446 g/mol. The summed E-state index contributed by atoms with van der Waals surface area (Å²) in [7, 11) is 0. The molecule has 0 atom stereocenters. The second kappa shape index (κ2) is 7.60. The van der Waals surface area contributed by atoms with Crippen LogP contribution in [0.15, 0.2) is 54.6 Å². The van der Waals surface area contributed by atoms with Gasteiger partial charge in [-0.05, 0) is 52.9 Å². The fourth-order valence-corrected chi connectivity index (χ4v) is 2.92. The molecular weight excluding hydrogens is 431 g/mol. The molecule has 1 aromatic heterocycles. The molecule has 6 heteroatoms. The predicted molar refractivity (Wildman–Crippen MR) is 104 cm³/mol. The van der Waals surface area contributed by atoms with Gasteiger partial charge in [0.25, 0.3) is 5.91 Å². The lowest BCUT2D eigenvalue weighted by atomic mass is 10.1. The van der Waals surface area contributed by atoms with Crippen molar-refractivity contribution in [1.82, 2.24) is 4.98 Å². The molecule has 0 aliphatic heterocycles. The Morgan fingerprint density at radius 3 is 2.72 bits per heavy atom. The molecule has 3 rings (SSSR count). The topological polar surface area (TPSA) is 68.3 Å². The lowest BCUT2D eigenvalue weighted by Crippen LogP contribution is -2.15. The fourth-order valence-electron chi connectivity index (χ4n) is 2.36. The van der Waals surface area contributed by atoms with Gasteiger partial charge in [0.15, 0.2) is 0 Å². The smallest absolute Gasteiger partial charge is 0.302 e. The van der Waals surface area contributed by atoms with Gasteiger partial charge < -0.3 is 10.1 Å². The number of amides is 1. The van der Waals surface area contributed by atoms with E-state index in [2.05, 4.69) is 32.9 Å². The fraction of sp³-hybridized carbons (Fsp3) is 0.105. The highest BCUT2D eigenvalue weighted by Crippen LogP contribution is 2.21. The third kappa shape index (κ3) is 4.33. The van der Waals surface area contributed by atoms with Gasteiger partial charge >= 0.3 is 5.97 Å². The Hall–Kier alpha value is -2.48. The second-order valence-corrected chi connectivity index (χ2v) is 6.67. The Balaban J connectivity index is 1.85.